The smallest absolute Gasteiger partial charge is 0.235 e. The van der Waals surface area contributed by atoms with Crippen molar-refractivity contribution in [2.45, 2.75) is 19.3 Å². The molecule has 11 rings (SSSR count). The van der Waals surface area contributed by atoms with Crippen molar-refractivity contribution in [1.82, 2.24) is 14.5 Å². The van der Waals surface area contributed by atoms with Crippen LogP contribution in [0.25, 0.3) is 72.2 Å². The van der Waals surface area contributed by atoms with Gasteiger partial charge in [-0.1, -0.05) is 159 Å². The lowest BCUT2D eigenvalue weighted by atomic mass is 9.73. The first-order chi connectivity index (χ1) is 28.0. The summed E-state index contributed by atoms with van der Waals surface area (Å²) < 4.78 is 2.25. The molecular formula is C53H38N4. The van der Waals surface area contributed by atoms with Crippen LogP contribution in [0.15, 0.2) is 194 Å². The molecule has 1 aliphatic rings. The van der Waals surface area contributed by atoms with E-state index in [1.54, 1.807) is 0 Å². The molecule has 0 spiro atoms. The molecule has 0 bridgehead atoms. The summed E-state index contributed by atoms with van der Waals surface area (Å²) >= 11 is 0. The Bertz CT molecular complexity index is 3090. The second kappa shape index (κ2) is 12.9. The number of para-hydroxylation sites is 2. The fourth-order valence-corrected chi connectivity index (χ4v) is 8.99. The van der Waals surface area contributed by atoms with E-state index in [1.807, 2.05) is 12.1 Å². The van der Waals surface area contributed by atoms with Gasteiger partial charge in [-0.15, -0.1) is 0 Å². The van der Waals surface area contributed by atoms with Gasteiger partial charge in [-0.05, 0) is 81.6 Å². The highest BCUT2D eigenvalue weighted by Gasteiger charge is 2.37. The van der Waals surface area contributed by atoms with Gasteiger partial charge < -0.3 is 4.90 Å². The van der Waals surface area contributed by atoms with Crippen molar-refractivity contribution in [3.05, 3.63) is 205 Å². The van der Waals surface area contributed by atoms with Gasteiger partial charge in [-0.25, -0.2) is 9.97 Å². The molecule has 0 atom stereocenters. The molecule has 0 N–H and O–H groups in total. The van der Waals surface area contributed by atoms with Crippen LogP contribution in [0.5, 0.6) is 0 Å². The summed E-state index contributed by atoms with van der Waals surface area (Å²) in [6, 6.07) is 69.5. The summed E-state index contributed by atoms with van der Waals surface area (Å²) in [5, 5.41) is 4.76. The minimum absolute atomic E-state index is 0.168. The zero-order valence-corrected chi connectivity index (χ0v) is 31.8. The van der Waals surface area contributed by atoms with E-state index < -0.39 is 0 Å². The summed E-state index contributed by atoms with van der Waals surface area (Å²) in [5.74, 6) is 0.645. The first-order valence-corrected chi connectivity index (χ1v) is 19.6. The van der Waals surface area contributed by atoms with Crippen LogP contribution in [0.2, 0.25) is 0 Å². The largest absolute Gasteiger partial charge is 0.310 e. The highest BCUT2D eigenvalue weighted by Crippen LogP contribution is 2.52. The lowest BCUT2D eigenvalue weighted by Gasteiger charge is -2.42. The SMILES string of the molecule is CC1(C)c2ccccc2N(c2ccccc2)c2cc(-c3ccc4c(c3)c3c5ccccc5ccc3n4-c3nc(-c4ccccc4)cc(-c4ccccc4)n3)ccc21. The third-order valence-corrected chi connectivity index (χ3v) is 11.8. The van der Waals surface area contributed by atoms with Gasteiger partial charge in [0, 0.05) is 33.0 Å². The zero-order valence-electron chi connectivity index (χ0n) is 31.8. The average Bonchev–Trinajstić information content (AvgIpc) is 3.61. The van der Waals surface area contributed by atoms with Gasteiger partial charge in [0.1, 0.15) is 0 Å². The second-order valence-electron chi connectivity index (χ2n) is 15.5. The number of aromatic nitrogens is 3. The molecule has 8 aromatic carbocycles. The van der Waals surface area contributed by atoms with Gasteiger partial charge in [0.25, 0.3) is 0 Å². The van der Waals surface area contributed by atoms with Crippen LogP contribution < -0.4 is 4.90 Å². The molecular weight excluding hydrogens is 693 g/mol. The molecule has 0 saturated carbocycles. The zero-order chi connectivity index (χ0) is 38.1. The van der Waals surface area contributed by atoms with Crippen LogP contribution >= 0.6 is 0 Å². The van der Waals surface area contributed by atoms with Crippen LogP contribution in [0.4, 0.5) is 17.1 Å². The third kappa shape index (κ3) is 5.29. The van der Waals surface area contributed by atoms with Crippen LogP contribution in [-0.2, 0) is 5.41 Å². The van der Waals surface area contributed by atoms with Crippen LogP contribution in [0.1, 0.15) is 25.0 Å². The number of hydrogen-bond donors (Lipinski definition) is 0. The van der Waals surface area contributed by atoms with Crippen molar-refractivity contribution in [2.24, 2.45) is 0 Å². The van der Waals surface area contributed by atoms with Crippen LogP contribution in [0.3, 0.4) is 0 Å². The van der Waals surface area contributed by atoms with Gasteiger partial charge in [0.05, 0.1) is 33.8 Å². The molecule has 0 radical (unpaired) electrons. The van der Waals surface area contributed by atoms with Crippen molar-refractivity contribution in [2.75, 3.05) is 4.90 Å². The Balaban J connectivity index is 1.15. The number of fused-ring (bicyclic) bond motifs is 7. The second-order valence-corrected chi connectivity index (χ2v) is 15.5. The quantitative estimate of drug-likeness (QED) is 0.177. The summed E-state index contributed by atoms with van der Waals surface area (Å²) in [4.78, 5) is 13.0. The predicted molar refractivity (Wildman–Crippen MR) is 237 cm³/mol. The van der Waals surface area contributed by atoms with Crippen molar-refractivity contribution < 1.29 is 0 Å². The van der Waals surface area contributed by atoms with E-state index in [0.29, 0.717) is 5.95 Å². The Morgan fingerprint density at radius 3 is 1.74 bits per heavy atom. The van der Waals surface area contributed by atoms with Gasteiger partial charge >= 0.3 is 0 Å². The topological polar surface area (TPSA) is 34.0 Å². The summed E-state index contributed by atoms with van der Waals surface area (Å²) in [5.41, 5.74) is 14.4. The molecule has 270 valence electrons. The van der Waals surface area contributed by atoms with Gasteiger partial charge in [-0.2, -0.15) is 0 Å². The molecule has 4 nitrogen and oxygen atoms in total. The van der Waals surface area contributed by atoms with E-state index in [-0.39, 0.29) is 5.41 Å². The highest BCUT2D eigenvalue weighted by molar-refractivity contribution is 6.21. The van der Waals surface area contributed by atoms with Gasteiger partial charge in [-0.3, -0.25) is 4.57 Å². The number of benzene rings is 8. The lowest BCUT2D eigenvalue weighted by molar-refractivity contribution is 0.632. The van der Waals surface area contributed by atoms with E-state index in [4.69, 9.17) is 9.97 Å². The minimum atomic E-state index is -0.168. The van der Waals surface area contributed by atoms with Gasteiger partial charge in [0.2, 0.25) is 5.95 Å². The highest BCUT2D eigenvalue weighted by atomic mass is 15.2. The average molecular weight is 731 g/mol. The normalized spacial score (nSPS) is 13.2. The molecule has 10 aromatic rings. The van der Waals surface area contributed by atoms with E-state index in [0.717, 1.165) is 50.2 Å². The van der Waals surface area contributed by atoms with E-state index >= 15 is 0 Å². The van der Waals surface area contributed by atoms with Crippen LogP contribution in [-0.4, -0.2) is 14.5 Å². The molecule has 0 saturated heterocycles. The molecule has 0 unspecified atom stereocenters. The third-order valence-electron chi connectivity index (χ3n) is 11.8. The van der Waals surface area contributed by atoms with E-state index in [9.17, 15) is 0 Å². The standard InChI is InChI=1S/C53H38N4/c1-53(2)43-24-14-15-25-48(43)56(40-21-10-5-11-22-40)50-33-39(26-29-44(50)53)38-28-30-47-42(32-38)51-41-23-13-12-16-35(41)27-31-49(51)57(47)52-54-45(36-17-6-3-7-18-36)34-46(55-52)37-19-8-4-9-20-37/h3-34H,1-2H3. The van der Waals surface area contributed by atoms with Crippen molar-refractivity contribution >= 4 is 49.6 Å². The molecule has 57 heavy (non-hydrogen) atoms. The Morgan fingerprint density at radius 1 is 0.421 bits per heavy atom. The van der Waals surface area contributed by atoms with Crippen LogP contribution in [0, 0.1) is 0 Å². The summed E-state index contributed by atoms with van der Waals surface area (Å²) in [7, 11) is 0. The maximum atomic E-state index is 5.30. The Labute approximate surface area is 332 Å². The number of rotatable bonds is 5. The fraction of sp³-hybridized carbons (Fsp3) is 0.0566. The number of nitrogens with zero attached hydrogens (tertiary/aromatic N) is 4. The first-order valence-electron chi connectivity index (χ1n) is 19.6. The number of anilines is 3. The Kier molecular flexibility index (Phi) is 7.48. The van der Waals surface area contributed by atoms with E-state index in [1.165, 1.54) is 44.2 Å². The minimum Gasteiger partial charge on any atom is -0.310 e. The monoisotopic (exact) mass is 730 g/mol. The van der Waals surface area contributed by atoms with Crippen molar-refractivity contribution in [3.63, 3.8) is 0 Å². The molecule has 0 aliphatic carbocycles. The first kappa shape index (κ1) is 33.1. The fourth-order valence-electron chi connectivity index (χ4n) is 8.99. The van der Waals surface area contributed by atoms with Crippen molar-refractivity contribution in [3.8, 4) is 39.6 Å². The predicted octanol–water partition coefficient (Wildman–Crippen LogP) is 13.8. The molecule has 0 amide bonds. The Hall–Kier alpha value is -7.30. The van der Waals surface area contributed by atoms with E-state index in [2.05, 4.69) is 205 Å². The maximum Gasteiger partial charge on any atom is 0.235 e. The molecule has 1 aliphatic heterocycles. The van der Waals surface area contributed by atoms with Crippen molar-refractivity contribution in [1.29, 1.82) is 0 Å². The molecule has 4 heteroatoms. The van der Waals surface area contributed by atoms with Gasteiger partial charge in [0.15, 0.2) is 0 Å². The summed E-state index contributed by atoms with van der Waals surface area (Å²) in [6.45, 7) is 4.69. The molecule has 2 aromatic heterocycles. The maximum absolute atomic E-state index is 5.30. The summed E-state index contributed by atoms with van der Waals surface area (Å²) in [6.07, 6.45) is 0. The molecule has 0 fully saturated rings. The lowest BCUT2D eigenvalue weighted by Crippen LogP contribution is -2.30. The number of hydrogen-bond acceptors (Lipinski definition) is 3. The molecule has 3 heterocycles. The Morgan fingerprint density at radius 2 is 1.00 bits per heavy atom.